The Morgan fingerprint density at radius 3 is 2.78 bits per heavy atom. The van der Waals surface area contributed by atoms with E-state index >= 15 is 0 Å². The average Bonchev–Trinajstić information content (AvgIpc) is 2.39. The summed E-state index contributed by atoms with van der Waals surface area (Å²) in [5, 5.41) is 0. The number of pyridine rings is 1. The summed E-state index contributed by atoms with van der Waals surface area (Å²) in [4.78, 5) is 7.02. The van der Waals surface area contributed by atoms with Crippen molar-refractivity contribution >= 4 is 22.9 Å². The molecule has 0 amide bonds. The van der Waals surface area contributed by atoms with Gasteiger partial charge in [-0.25, -0.2) is 0 Å². The molecule has 1 atom stereocenters. The summed E-state index contributed by atoms with van der Waals surface area (Å²) in [5.41, 5.74) is 7.79. The third-order valence-electron chi connectivity index (χ3n) is 3.25. The van der Waals surface area contributed by atoms with Gasteiger partial charge < -0.3 is 10.6 Å². The third-order valence-corrected chi connectivity index (χ3v) is 3.47. The Bertz CT molecular complexity index is 392. The minimum absolute atomic E-state index is 0.442. The number of nitrogens with two attached hydrogens (primary N) is 1. The minimum Gasteiger partial charge on any atom is -0.389 e. The number of hydrogen-bond acceptors (Lipinski definition) is 3. The fourth-order valence-corrected chi connectivity index (χ4v) is 2.12. The SMILES string of the molecule is CCCCN(c1cnccc1C(N)=S)C(C)CC. The van der Waals surface area contributed by atoms with Crippen molar-refractivity contribution in [1.82, 2.24) is 4.98 Å². The molecule has 1 aromatic rings. The molecule has 3 nitrogen and oxygen atoms in total. The lowest BCUT2D eigenvalue weighted by Crippen LogP contribution is -2.35. The molecule has 0 aliphatic rings. The fourth-order valence-electron chi connectivity index (χ4n) is 1.95. The molecule has 1 rings (SSSR count). The molecule has 0 fully saturated rings. The van der Waals surface area contributed by atoms with E-state index in [1.807, 2.05) is 12.3 Å². The lowest BCUT2D eigenvalue weighted by Gasteiger charge is -2.32. The number of rotatable bonds is 7. The summed E-state index contributed by atoms with van der Waals surface area (Å²) in [5.74, 6) is 0. The van der Waals surface area contributed by atoms with Crippen molar-refractivity contribution in [2.24, 2.45) is 5.73 Å². The van der Waals surface area contributed by atoms with Gasteiger partial charge in [0.05, 0.1) is 11.9 Å². The van der Waals surface area contributed by atoms with Crippen molar-refractivity contribution in [3.05, 3.63) is 24.0 Å². The van der Waals surface area contributed by atoms with E-state index < -0.39 is 0 Å². The van der Waals surface area contributed by atoms with Crippen molar-refractivity contribution in [3.63, 3.8) is 0 Å². The quantitative estimate of drug-likeness (QED) is 0.769. The molecule has 0 radical (unpaired) electrons. The van der Waals surface area contributed by atoms with E-state index in [2.05, 4.69) is 30.7 Å². The molecule has 0 aliphatic heterocycles. The third kappa shape index (κ3) is 3.67. The number of unbranched alkanes of at least 4 members (excludes halogenated alkanes) is 1. The maximum absolute atomic E-state index is 5.80. The topological polar surface area (TPSA) is 42.2 Å². The second kappa shape index (κ2) is 7.31. The van der Waals surface area contributed by atoms with Crippen LogP contribution in [-0.2, 0) is 0 Å². The van der Waals surface area contributed by atoms with E-state index in [1.165, 1.54) is 6.42 Å². The Balaban J connectivity index is 3.07. The Morgan fingerprint density at radius 2 is 2.22 bits per heavy atom. The highest BCUT2D eigenvalue weighted by Crippen LogP contribution is 2.23. The Morgan fingerprint density at radius 1 is 1.50 bits per heavy atom. The molecule has 1 unspecified atom stereocenters. The van der Waals surface area contributed by atoms with Crippen molar-refractivity contribution in [3.8, 4) is 0 Å². The lowest BCUT2D eigenvalue weighted by molar-refractivity contribution is 0.594. The Hall–Kier alpha value is -1.16. The van der Waals surface area contributed by atoms with E-state index in [4.69, 9.17) is 18.0 Å². The van der Waals surface area contributed by atoms with Gasteiger partial charge in [0, 0.05) is 24.3 Å². The smallest absolute Gasteiger partial charge is 0.106 e. The van der Waals surface area contributed by atoms with Crippen LogP contribution >= 0.6 is 12.2 Å². The predicted octanol–water partition coefficient (Wildman–Crippen LogP) is 3.12. The summed E-state index contributed by atoms with van der Waals surface area (Å²) < 4.78 is 0. The number of hydrogen-bond donors (Lipinski definition) is 1. The highest BCUT2D eigenvalue weighted by Gasteiger charge is 2.17. The van der Waals surface area contributed by atoms with E-state index in [-0.39, 0.29) is 0 Å². The van der Waals surface area contributed by atoms with Crippen LogP contribution in [0.25, 0.3) is 0 Å². The van der Waals surface area contributed by atoms with Gasteiger partial charge in [-0.15, -0.1) is 0 Å². The first-order valence-electron chi connectivity index (χ1n) is 6.62. The normalized spacial score (nSPS) is 12.2. The molecule has 1 aromatic heterocycles. The molecule has 0 bridgehead atoms. The van der Waals surface area contributed by atoms with Gasteiger partial charge in [0.25, 0.3) is 0 Å². The van der Waals surface area contributed by atoms with Crippen molar-refractivity contribution < 1.29 is 0 Å². The van der Waals surface area contributed by atoms with Gasteiger partial charge in [0.15, 0.2) is 0 Å². The molecular formula is C14H23N3S. The van der Waals surface area contributed by atoms with Crippen LogP contribution in [-0.4, -0.2) is 22.6 Å². The number of aromatic nitrogens is 1. The first-order valence-corrected chi connectivity index (χ1v) is 7.03. The second-order valence-corrected chi connectivity index (χ2v) is 5.00. The van der Waals surface area contributed by atoms with Crippen LogP contribution in [0.4, 0.5) is 5.69 Å². The van der Waals surface area contributed by atoms with Gasteiger partial charge in [-0.3, -0.25) is 4.98 Å². The van der Waals surface area contributed by atoms with Crippen LogP contribution in [0.1, 0.15) is 45.6 Å². The standard InChI is InChI=1S/C14H23N3S/c1-4-6-9-17(11(3)5-2)13-10-16-8-7-12(13)14(15)18/h7-8,10-11H,4-6,9H2,1-3H3,(H2,15,18). The van der Waals surface area contributed by atoms with Gasteiger partial charge in [-0.05, 0) is 25.8 Å². The molecule has 1 heterocycles. The summed E-state index contributed by atoms with van der Waals surface area (Å²) in [6, 6.07) is 2.37. The molecule has 2 N–H and O–H groups in total. The van der Waals surface area contributed by atoms with Crippen molar-refractivity contribution in [1.29, 1.82) is 0 Å². The number of nitrogens with zero attached hydrogens (tertiary/aromatic N) is 2. The minimum atomic E-state index is 0.442. The van der Waals surface area contributed by atoms with E-state index in [0.29, 0.717) is 11.0 Å². The average molecular weight is 265 g/mol. The lowest BCUT2D eigenvalue weighted by atomic mass is 10.1. The number of thiocarbonyl (C=S) groups is 1. The van der Waals surface area contributed by atoms with Crippen LogP contribution in [0.15, 0.2) is 18.5 Å². The van der Waals surface area contributed by atoms with Crippen LogP contribution in [0, 0.1) is 0 Å². The van der Waals surface area contributed by atoms with Gasteiger partial charge in [0.1, 0.15) is 4.99 Å². The largest absolute Gasteiger partial charge is 0.389 e. The predicted molar refractivity (Wildman–Crippen MR) is 82.1 cm³/mol. The maximum atomic E-state index is 5.80. The molecule has 0 saturated heterocycles. The fraction of sp³-hybridized carbons (Fsp3) is 0.571. The highest BCUT2D eigenvalue weighted by atomic mass is 32.1. The zero-order valence-corrected chi connectivity index (χ0v) is 12.3. The maximum Gasteiger partial charge on any atom is 0.106 e. The molecule has 0 spiro atoms. The Kier molecular flexibility index (Phi) is 6.05. The van der Waals surface area contributed by atoms with Crippen LogP contribution < -0.4 is 10.6 Å². The van der Waals surface area contributed by atoms with Crippen LogP contribution in [0.5, 0.6) is 0 Å². The second-order valence-electron chi connectivity index (χ2n) is 4.56. The first kappa shape index (κ1) is 14.9. The molecule has 4 heteroatoms. The highest BCUT2D eigenvalue weighted by molar-refractivity contribution is 7.80. The Labute approximate surface area is 115 Å². The first-order chi connectivity index (χ1) is 8.61. The summed E-state index contributed by atoms with van der Waals surface area (Å²) in [6.07, 6.45) is 7.05. The molecular weight excluding hydrogens is 242 g/mol. The van der Waals surface area contributed by atoms with Crippen molar-refractivity contribution in [2.75, 3.05) is 11.4 Å². The van der Waals surface area contributed by atoms with Crippen LogP contribution in [0.2, 0.25) is 0 Å². The van der Waals surface area contributed by atoms with Gasteiger partial charge in [0.2, 0.25) is 0 Å². The zero-order chi connectivity index (χ0) is 13.5. The zero-order valence-electron chi connectivity index (χ0n) is 11.5. The summed E-state index contributed by atoms with van der Waals surface area (Å²) in [6.45, 7) is 7.64. The van der Waals surface area contributed by atoms with E-state index in [1.54, 1.807) is 6.20 Å². The van der Waals surface area contributed by atoms with Crippen LogP contribution in [0.3, 0.4) is 0 Å². The van der Waals surface area contributed by atoms with Gasteiger partial charge in [-0.2, -0.15) is 0 Å². The van der Waals surface area contributed by atoms with Gasteiger partial charge in [-0.1, -0.05) is 32.5 Å². The molecule has 0 aliphatic carbocycles. The monoisotopic (exact) mass is 265 g/mol. The summed E-state index contributed by atoms with van der Waals surface area (Å²) >= 11 is 5.13. The summed E-state index contributed by atoms with van der Waals surface area (Å²) in [7, 11) is 0. The molecule has 18 heavy (non-hydrogen) atoms. The van der Waals surface area contributed by atoms with E-state index in [0.717, 1.165) is 30.6 Å². The van der Waals surface area contributed by atoms with Gasteiger partial charge >= 0.3 is 0 Å². The molecule has 0 saturated carbocycles. The van der Waals surface area contributed by atoms with E-state index in [9.17, 15) is 0 Å². The molecule has 100 valence electrons. The molecule has 0 aromatic carbocycles. The number of anilines is 1. The van der Waals surface area contributed by atoms with Crippen molar-refractivity contribution in [2.45, 2.75) is 46.1 Å².